The molecule has 0 bridgehead atoms. The summed E-state index contributed by atoms with van der Waals surface area (Å²) in [5, 5.41) is 3.02. The van der Waals surface area contributed by atoms with E-state index in [0.717, 1.165) is 18.8 Å². The smallest absolute Gasteiger partial charge is 0.251 e. The molecule has 0 radical (unpaired) electrons. The van der Waals surface area contributed by atoms with Crippen LogP contribution < -0.4 is 14.9 Å². The minimum atomic E-state index is -3.38. The number of rotatable bonds is 7. The number of amides is 1. The zero-order valence-electron chi connectivity index (χ0n) is 15.3. The molecular weight excluding hydrogens is 364 g/mol. The van der Waals surface area contributed by atoms with Gasteiger partial charge in [-0.3, -0.25) is 9.52 Å². The van der Waals surface area contributed by atoms with E-state index in [-0.39, 0.29) is 17.7 Å². The van der Waals surface area contributed by atoms with E-state index >= 15 is 0 Å². The molecule has 0 spiro atoms. The molecule has 1 aliphatic heterocycles. The number of hydrogen-bond donors (Lipinski definition) is 2. The SMILES string of the molecule is CCCS(=O)(=O)Nc1cccc(C(=O)NC2CCN(c3ccccn3)C2)c1. The van der Waals surface area contributed by atoms with E-state index < -0.39 is 10.0 Å². The van der Waals surface area contributed by atoms with E-state index in [2.05, 4.69) is 19.9 Å². The van der Waals surface area contributed by atoms with Gasteiger partial charge < -0.3 is 10.2 Å². The molecule has 0 aliphatic carbocycles. The molecule has 1 unspecified atom stereocenters. The Labute approximate surface area is 159 Å². The van der Waals surface area contributed by atoms with E-state index in [0.29, 0.717) is 24.2 Å². The minimum absolute atomic E-state index is 0.0277. The number of nitrogens with zero attached hydrogens (tertiary/aromatic N) is 2. The molecule has 1 saturated heterocycles. The first kappa shape index (κ1) is 19.2. The van der Waals surface area contributed by atoms with Crippen LogP contribution in [0.2, 0.25) is 0 Å². The number of hydrogen-bond acceptors (Lipinski definition) is 5. The van der Waals surface area contributed by atoms with E-state index in [1.807, 2.05) is 18.2 Å². The standard InChI is InChI=1S/C19H24N4O3S/c1-2-12-27(25,26)22-16-7-5-6-15(13-16)19(24)21-17-9-11-23(14-17)18-8-3-4-10-20-18/h3-8,10,13,17,22H,2,9,11-12,14H2,1H3,(H,21,24). The molecule has 8 heteroatoms. The van der Waals surface area contributed by atoms with Crippen LogP contribution in [0.1, 0.15) is 30.1 Å². The maximum atomic E-state index is 12.6. The van der Waals surface area contributed by atoms with Crippen LogP contribution in [0.25, 0.3) is 0 Å². The Morgan fingerprint density at radius 2 is 2.11 bits per heavy atom. The molecule has 1 amide bonds. The van der Waals surface area contributed by atoms with E-state index in [9.17, 15) is 13.2 Å². The van der Waals surface area contributed by atoms with Crippen molar-refractivity contribution in [1.82, 2.24) is 10.3 Å². The first-order chi connectivity index (χ1) is 13.0. The highest BCUT2D eigenvalue weighted by atomic mass is 32.2. The number of pyridine rings is 1. The number of benzene rings is 1. The van der Waals surface area contributed by atoms with Crippen LogP contribution in [0.4, 0.5) is 11.5 Å². The molecule has 2 N–H and O–H groups in total. The average molecular weight is 388 g/mol. The van der Waals surface area contributed by atoms with Gasteiger partial charge in [0.15, 0.2) is 0 Å². The Kier molecular flexibility index (Phi) is 5.95. The summed E-state index contributed by atoms with van der Waals surface area (Å²) in [5.74, 6) is 0.746. The highest BCUT2D eigenvalue weighted by molar-refractivity contribution is 7.92. The second-order valence-corrected chi connectivity index (χ2v) is 8.44. The lowest BCUT2D eigenvalue weighted by Gasteiger charge is -2.18. The fourth-order valence-electron chi connectivity index (χ4n) is 3.12. The van der Waals surface area contributed by atoms with Gasteiger partial charge in [-0.1, -0.05) is 19.1 Å². The topological polar surface area (TPSA) is 91.4 Å². The number of sulfonamides is 1. The fraction of sp³-hybridized carbons (Fsp3) is 0.368. The lowest BCUT2D eigenvalue weighted by Crippen LogP contribution is -2.37. The molecular formula is C19H24N4O3S. The van der Waals surface area contributed by atoms with Gasteiger partial charge in [0.05, 0.1) is 5.75 Å². The van der Waals surface area contributed by atoms with Gasteiger partial charge in [0.1, 0.15) is 5.82 Å². The molecule has 1 aromatic carbocycles. The molecule has 1 aromatic heterocycles. The van der Waals surface area contributed by atoms with Crippen molar-refractivity contribution in [2.75, 3.05) is 28.5 Å². The third-order valence-electron chi connectivity index (χ3n) is 4.37. The van der Waals surface area contributed by atoms with Gasteiger partial charge in [-0.25, -0.2) is 13.4 Å². The van der Waals surface area contributed by atoms with Gasteiger partial charge in [-0.2, -0.15) is 0 Å². The summed E-state index contributed by atoms with van der Waals surface area (Å²) in [7, 11) is -3.38. The molecule has 7 nitrogen and oxygen atoms in total. The van der Waals surface area contributed by atoms with Crippen molar-refractivity contribution in [2.24, 2.45) is 0 Å². The lowest BCUT2D eigenvalue weighted by atomic mass is 10.1. The highest BCUT2D eigenvalue weighted by Gasteiger charge is 2.25. The minimum Gasteiger partial charge on any atom is -0.354 e. The van der Waals surface area contributed by atoms with E-state index in [1.165, 1.54) is 0 Å². The summed E-state index contributed by atoms with van der Waals surface area (Å²) < 4.78 is 26.3. The van der Waals surface area contributed by atoms with Crippen LogP contribution in [-0.4, -0.2) is 44.2 Å². The summed E-state index contributed by atoms with van der Waals surface area (Å²) in [6, 6.07) is 12.4. The first-order valence-electron chi connectivity index (χ1n) is 9.04. The zero-order valence-corrected chi connectivity index (χ0v) is 16.1. The molecule has 27 heavy (non-hydrogen) atoms. The Hall–Kier alpha value is -2.61. The Morgan fingerprint density at radius 1 is 1.26 bits per heavy atom. The van der Waals surface area contributed by atoms with Crippen molar-refractivity contribution in [1.29, 1.82) is 0 Å². The molecule has 144 valence electrons. The maximum Gasteiger partial charge on any atom is 0.251 e. The third kappa shape index (κ3) is 5.19. The Bertz CT molecular complexity index is 887. The Morgan fingerprint density at radius 3 is 2.85 bits per heavy atom. The van der Waals surface area contributed by atoms with Crippen molar-refractivity contribution in [3.8, 4) is 0 Å². The van der Waals surface area contributed by atoms with Crippen LogP contribution in [0.3, 0.4) is 0 Å². The van der Waals surface area contributed by atoms with Crippen LogP contribution in [-0.2, 0) is 10.0 Å². The number of carbonyl (C=O) groups excluding carboxylic acids is 1. The summed E-state index contributed by atoms with van der Waals surface area (Å²) in [5.41, 5.74) is 0.834. The normalized spacial score (nSPS) is 16.9. The first-order valence-corrected chi connectivity index (χ1v) is 10.7. The second-order valence-electron chi connectivity index (χ2n) is 6.59. The summed E-state index contributed by atoms with van der Waals surface area (Å²) in [6.07, 6.45) is 3.13. The maximum absolute atomic E-state index is 12.6. The predicted octanol–water partition coefficient (Wildman–Crippen LogP) is 2.24. The van der Waals surface area contributed by atoms with Crippen LogP contribution in [0.5, 0.6) is 0 Å². The van der Waals surface area contributed by atoms with Crippen LogP contribution >= 0.6 is 0 Å². The summed E-state index contributed by atoms with van der Waals surface area (Å²) in [6.45, 7) is 3.34. The molecule has 2 aromatic rings. The van der Waals surface area contributed by atoms with Gasteiger partial charge in [0, 0.05) is 36.6 Å². The van der Waals surface area contributed by atoms with Gasteiger partial charge in [-0.05, 0) is 43.2 Å². The molecule has 1 fully saturated rings. The van der Waals surface area contributed by atoms with Crippen LogP contribution in [0, 0.1) is 0 Å². The van der Waals surface area contributed by atoms with Gasteiger partial charge >= 0.3 is 0 Å². The quantitative estimate of drug-likeness (QED) is 0.759. The van der Waals surface area contributed by atoms with Gasteiger partial charge in [0.2, 0.25) is 10.0 Å². The van der Waals surface area contributed by atoms with E-state index in [1.54, 1.807) is 37.4 Å². The largest absolute Gasteiger partial charge is 0.354 e. The number of nitrogens with one attached hydrogen (secondary N) is 2. The second kappa shape index (κ2) is 8.39. The van der Waals surface area contributed by atoms with E-state index in [4.69, 9.17) is 0 Å². The number of anilines is 2. The molecule has 2 heterocycles. The molecule has 1 aliphatic rings. The predicted molar refractivity (Wildman–Crippen MR) is 106 cm³/mol. The van der Waals surface area contributed by atoms with Crippen molar-refractivity contribution < 1.29 is 13.2 Å². The fourth-order valence-corrected chi connectivity index (χ4v) is 4.24. The monoisotopic (exact) mass is 388 g/mol. The molecule has 3 rings (SSSR count). The summed E-state index contributed by atoms with van der Waals surface area (Å²) in [4.78, 5) is 19.0. The van der Waals surface area contributed by atoms with Crippen LogP contribution in [0.15, 0.2) is 48.7 Å². The molecule has 0 saturated carbocycles. The Balaban J connectivity index is 1.61. The van der Waals surface area contributed by atoms with Crippen molar-refractivity contribution in [3.05, 3.63) is 54.2 Å². The lowest BCUT2D eigenvalue weighted by molar-refractivity contribution is 0.0940. The van der Waals surface area contributed by atoms with Crippen molar-refractivity contribution in [3.63, 3.8) is 0 Å². The number of carbonyl (C=O) groups is 1. The third-order valence-corrected chi connectivity index (χ3v) is 5.86. The average Bonchev–Trinajstić information content (AvgIpc) is 3.10. The van der Waals surface area contributed by atoms with Crippen molar-refractivity contribution >= 4 is 27.4 Å². The molecule has 1 atom stereocenters. The highest BCUT2D eigenvalue weighted by Crippen LogP contribution is 2.18. The van der Waals surface area contributed by atoms with Gasteiger partial charge in [-0.15, -0.1) is 0 Å². The summed E-state index contributed by atoms with van der Waals surface area (Å²) >= 11 is 0. The van der Waals surface area contributed by atoms with Gasteiger partial charge in [0.25, 0.3) is 5.91 Å². The number of aromatic nitrogens is 1. The zero-order chi connectivity index (χ0) is 19.3. The van der Waals surface area contributed by atoms with Crippen molar-refractivity contribution in [2.45, 2.75) is 25.8 Å².